The summed E-state index contributed by atoms with van der Waals surface area (Å²) >= 11 is 0. The van der Waals surface area contributed by atoms with Crippen LogP contribution in [0.1, 0.15) is 32.2 Å². The Hall–Kier alpha value is -1.55. The zero-order valence-electron chi connectivity index (χ0n) is 13.5. The average molecular weight is 277 g/mol. The Morgan fingerprint density at radius 2 is 1.90 bits per heavy atom. The SMILES string of the molecule is CCN=C(/C=C(\N)n1c(C)ccc1C)C(C)(C)COC. The van der Waals surface area contributed by atoms with Crippen molar-refractivity contribution in [2.45, 2.75) is 34.6 Å². The van der Waals surface area contributed by atoms with Gasteiger partial charge in [0.25, 0.3) is 0 Å². The van der Waals surface area contributed by atoms with E-state index in [1.165, 1.54) is 0 Å². The summed E-state index contributed by atoms with van der Waals surface area (Å²) < 4.78 is 7.33. The average Bonchev–Trinajstić information content (AvgIpc) is 2.68. The first-order valence-electron chi connectivity index (χ1n) is 6.99. The molecule has 1 aromatic rings. The fourth-order valence-corrected chi connectivity index (χ4v) is 2.34. The normalized spacial score (nSPS) is 13.9. The third-order valence-electron chi connectivity index (χ3n) is 3.34. The van der Waals surface area contributed by atoms with Crippen LogP contribution in [-0.4, -0.2) is 30.5 Å². The first kappa shape index (κ1) is 16.5. The predicted molar refractivity (Wildman–Crippen MR) is 86.0 cm³/mol. The van der Waals surface area contributed by atoms with Crippen molar-refractivity contribution in [2.24, 2.45) is 16.1 Å². The summed E-state index contributed by atoms with van der Waals surface area (Å²) in [5, 5.41) is 0. The van der Waals surface area contributed by atoms with Crippen LogP contribution >= 0.6 is 0 Å². The van der Waals surface area contributed by atoms with Gasteiger partial charge in [-0.1, -0.05) is 13.8 Å². The molecule has 0 bridgehead atoms. The fourth-order valence-electron chi connectivity index (χ4n) is 2.34. The van der Waals surface area contributed by atoms with Crippen molar-refractivity contribution in [3.8, 4) is 0 Å². The molecule has 4 heteroatoms. The summed E-state index contributed by atoms with van der Waals surface area (Å²) in [7, 11) is 1.71. The Balaban J connectivity index is 3.19. The van der Waals surface area contributed by atoms with Gasteiger partial charge in [-0.15, -0.1) is 0 Å². The van der Waals surface area contributed by atoms with Gasteiger partial charge in [0.05, 0.1) is 6.61 Å². The van der Waals surface area contributed by atoms with E-state index in [1.54, 1.807) is 7.11 Å². The Bertz CT molecular complexity index is 490. The van der Waals surface area contributed by atoms with Crippen molar-refractivity contribution >= 4 is 11.5 Å². The Labute approximate surface area is 122 Å². The van der Waals surface area contributed by atoms with E-state index in [4.69, 9.17) is 10.5 Å². The van der Waals surface area contributed by atoms with Gasteiger partial charge in [0.2, 0.25) is 0 Å². The topological polar surface area (TPSA) is 52.5 Å². The molecule has 1 heterocycles. The van der Waals surface area contributed by atoms with Gasteiger partial charge in [-0.3, -0.25) is 4.99 Å². The van der Waals surface area contributed by atoms with E-state index in [0.29, 0.717) is 12.4 Å². The number of aliphatic imine (C=N–C) groups is 1. The Kier molecular flexibility index (Phi) is 5.57. The zero-order chi connectivity index (χ0) is 15.3. The summed E-state index contributed by atoms with van der Waals surface area (Å²) in [5.41, 5.74) is 9.31. The van der Waals surface area contributed by atoms with E-state index in [0.717, 1.165) is 23.6 Å². The second kappa shape index (κ2) is 6.75. The second-order valence-corrected chi connectivity index (χ2v) is 5.70. The summed E-state index contributed by atoms with van der Waals surface area (Å²) in [6.45, 7) is 11.7. The number of nitrogens with zero attached hydrogens (tertiary/aromatic N) is 2. The van der Waals surface area contributed by atoms with Crippen molar-refractivity contribution < 1.29 is 4.74 Å². The Morgan fingerprint density at radius 1 is 1.35 bits per heavy atom. The van der Waals surface area contributed by atoms with Crippen LogP contribution in [0.3, 0.4) is 0 Å². The number of hydrogen-bond donors (Lipinski definition) is 1. The number of aryl methyl sites for hydroxylation is 2. The number of nitrogens with two attached hydrogens (primary N) is 1. The van der Waals surface area contributed by atoms with E-state index in [2.05, 4.69) is 31.0 Å². The van der Waals surface area contributed by atoms with Crippen LogP contribution in [-0.2, 0) is 4.74 Å². The summed E-state index contributed by atoms with van der Waals surface area (Å²) in [5.74, 6) is 0.696. The van der Waals surface area contributed by atoms with Gasteiger partial charge in [0.15, 0.2) is 0 Å². The number of ether oxygens (including phenoxy) is 1. The highest BCUT2D eigenvalue weighted by Crippen LogP contribution is 2.21. The zero-order valence-corrected chi connectivity index (χ0v) is 13.5. The van der Waals surface area contributed by atoms with Gasteiger partial charge in [0, 0.05) is 42.2 Å². The molecule has 0 saturated carbocycles. The highest BCUT2D eigenvalue weighted by Gasteiger charge is 2.24. The van der Waals surface area contributed by atoms with Crippen molar-refractivity contribution in [1.82, 2.24) is 4.57 Å². The highest BCUT2D eigenvalue weighted by molar-refractivity contribution is 6.02. The third-order valence-corrected chi connectivity index (χ3v) is 3.34. The summed E-state index contributed by atoms with van der Waals surface area (Å²) in [6.07, 6.45) is 1.96. The van der Waals surface area contributed by atoms with E-state index in [1.807, 2.05) is 31.4 Å². The number of hydrogen-bond acceptors (Lipinski definition) is 3. The van der Waals surface area contributed by atoms with E-state index < -0.39 is 0 Å². The molecular formula is C16H27N3O. The number of rotatable bonds is 6. The molecule has 0 fully saturated rings. The monoisotopic (exact) mass is 277 g/mol. The van der Waals surface area contributed by atoms with E-state index in [-0.39, 0.29) is 5.41 Å². The maximum atomic E-state index is 6.27. The fraction of sp³-hybridized carbons (Fsp3) is 0.562. The van der Waals surface area contributed by atoms with Gasteiger partial charge in [-0.25, -0.2) is 0 Å². The molecule has 0 aliphatic carbocycles. The van der Waals surface area contributed by atoms with Crippen molar-refractivity contribution in [1.29, 1.82) is 0 Å². The molecule has 0 aromatic carbocycles. The van der Waals surface area contributed by atoms with E-state index in [9.17, 15) is 0 Å². The van der Waals surface area contributed by atoms with Gasteiger partial charge >= 0.3 is 0 Å². The molecule has 0 saturated heterocycles. The number of aromatic nitrogens is 1. The highest BCUT2D eigenvalue weighted by atomic mass is 16.5. The van der Waals surface area contributed by atoms with Crippen LogP contribution < -0.4 is 5.73 Å². The minimum Gasteiger partial charge on any atom is -0.385 e. The summed E-state index contributed by atoms with van der Waals surface area (Å²) in [4.78, 5) is 4.59. The molecular weight excluding hydrogens is 250 g/mol. The van der Waals surface area contributed by atoms with Crippen molar-refractivity contribution in [3.63, 3.8) is 0 Å². The third kappa shape index (κ3) is 3.73. The number of allylic oxidation sites excluding steroid dienone is 1. The molecule has 0 radical (unpaired) electrons. The molecule has 0 spiro atoms. The molecule has 1 aromatic heterocycles. The molecule has 4 nitrogen and oxygen atoms in total. The van der Waals surface area contributed by atoms with Crippen LogP contribution in [0, 0.1) is 19.3 Å². The molecule has 112 valence electrons. The lowest BCUT2D eigenvalue weighted by molar-refractivity contribution is 0.142. The molecule has 1 rings (SSSR count). The molecule has 0 atom stereocenters. The van der Waals surface area contributed by atoms with E-state index >= 15 is 0 Å². The van der Waals surface area contributed by atoms with Crippen LogP contribution in [0.4, 0.5) is 0 Å². The lowest BCUT2D eigenvalue weighted by atomic mass is 9.88. The smallest absolute Gasteiger partial charge is 0.109 e. The first-order chi connectivity index (χ1) is 9.33. The lowest BCUT2D eigenvalue weighted by Crippen LogP contribution is -2.29. The Morgan fingerprint density at radius 3 is 2.35 bits per heavy atom. The molecule has 2 N–H and O–H groups in total. The molecule has 0 amide bonds. The van der Waals surface area contributed by atoms with Crippen LogP contribution in [0.15, 0.2) is 23.2 Å². The van der Waals surface area contributed by atoms with Gasteiger partial charge in [-0.2, -0.15) is 0 Å². The van der Waals surface area contributed by atoms with Crippen LogP contribution in [0.25, 0.3) is 5.82 Å². The number of methoxy groups -OCH3 is 1. The molecule has 0 unspecified atom stereocenters. The maximum absolute atomic E-state index is 6.27. The van der Waals surface area contributed by atoms with Crippen LogP contribution in [0.5, 0.6) is 0 Å². The standard InChI is InChI=1S/C16H27N3O/c1-7-18-14(16(4,5)11-20-6)10-15(17)19-12(2)8-9-13(19)3/h8-10H,7,11,17H2,1-6H3/b15-10+,18-14?. The van der Waals surface area contributed by atoms with Crippen LogP contribution in [0.2, 0.25) is 0 Å². The largest absolute Gasteiger partial charge is 0.385 e. The van der Waals surface area contributed by atoms with Crippen molar-refractivity contribution in [3.05, 3.63) is 29.6 Å². The minimum absolute atomic E-state index is 0.162. The second-order valence-electron chi connectivity index (χ2n) is 5.70. The molecule has 20 heavy (non-hydrogen) atoms. The van der Waals surface area contributed by atoms with Gasteiger partial charge in [-0.05, 0) is 32.9 Å². The molecule has 0 aliphatic rings. The van der Waals surface area contributed by atoms with Crippen molar-refractivity contribution in [2.75, 3.05) is 20.3 Å². The molecule has 0 aliphatic heterocycles. The first-order valence-corrected chi connectivity index (χ1v) is 6.99. The lowest BCUT2D eigenvalue weighted by Gasteiger charge is -2.25. The summed E-state index contributed by atoms with van der Waals surface area (Å²) in [6, 6.07) is 4.12. The maximum Gasteiger partial charge on any atom is 0.109 e. The quantitative estimate of drug-likeness (QED) is 0.813. The van der Waals surface area contributed by atoms with Gasteiger partial charge in [0.1, 0.15) is 5.82 Å². The predicted octanol–water partition coefficient (Wildman–Crippen LogP) is 3.00. The minimum atomic E-state index is -0.162. The van der Waals surface area contributed by atoms with Gasteiger partial charge < -0.3 is 15.0 Å².